The van der Waals surface area contributed by atoms with Crippen molar-refractivity contribution in [3.63, 3.8) is 0 Å². The summed E-state index contributed by atoms with van der Waals surface area (Å²) in [5.74, 6) is -1.12. The van der Waals surface area contributed by atoms with Gasteiger partial charge in [-0.25, -0.2) is 9.59 Å². The van der Waals surface area contributed by atoms with Gasteiger partial charge in [-0.05, 0) is 23.3 Å². The predicted octanol–water partition coefficient (Wildman–Crippen LogP) is 1.75. The quantitative estimate of drug-likeness (QED) is 0.364. The highest BCUT2D eigenvalue weighted by Gasteiger charge is 2.28. The summed E-state index contributed by atoms with van der Waals surface area (Å²) in [6.45, 7) is 1.31. The number of esters is 1. The van der Waals surface area contributed by atoms with E-state index in [1.807, 2.05) is 30.3 Å². The molecule has 0 aliphatic rings. The maximum atomic E-state index is 13.1. The first kappa shape index (κ1) is 24.5. The zero-order valence-corrected chi connectivity index (χ0v) is 19.1. The van der Waals surface area contributed by atoms with E-state index in [1.165, 1.54) is 27.2 Å². The topological polar surface area (TPSA) is 124 Å². The Balaban J connectivity index is 1.88. The third-order valence-corrected chi connectivity index (χ3v) is 5.24. The summed E-state index contributed by atoms with van der Waals surface area (Å²) >= 11 is 0. The van der Waals surface area contributed by atoms with Crippen LogP contribution in [0.25, 0.3) is 11.0 Å². The van der Waals surface area contributed by atoms with Gasteiger partial charge in [0.1, 0.15) is 23.4 Å². The summed E-state index contributed by atoms with van der Waals surface area (Å²) in [7, 11) is 2.70. The van der Waals surface area contributed by atoms with Crippen molar-refractivity contribution in [3.8, 4) is 5.75 Å². The molecule has 0 aliphatic carbocycles. The molecule has 2 amide bonds. The Labute approximate surface area is 196 Å². The van der Waals surface area contributed by atoms with E-state index in [0.717, 1.165) is 5.56 Å². The fourth-order valence-electron chi connectivity index (χ4n) is 3.64. The highest BCUT2D eigenvalue weighted by Crippen LogP contribution is 2.23. The highest BCUT2D eigenvalue weighted by molar-refractivity contribution is 5.91. The number of benzene rings is 2. The molecule has 0 bridgehead atoms. The molecule has 0 aliphatic heterocycles. The lowest BCUT2D eigenvalue weighted by Gasteiger charge is -2.22. The molecule has 0 saturated heterocycles. The van der Waals surface area contributed by atoms with E-state index in [0.29, 0.717) is 16.7 Å². The lowest BCUT2D eigenvalue weighted by atomic mass is 10.0. The Morgan fingerprint density at radius 3 is 2.32 bits per heavy atom. The van der Waals surface area contributed by atoms with Crippen molar-refractivity contribution in [2.24, 2.45) is 0 Å². The van der Waals surface area contributed by atoms with Crippen LogP contribution in [-0.4, -0.2) is 44.1 Å². The second-order valence-corrected chi connectivity index (χ2v) is 7.68. The number of nitrogens with one attached hydrogen (secondary N) is 2. The Morgan fingerprint density at radius 1 is 0.941 bits per heavy atom. The standard InChI is InChI=1S/C25H26N2O7/c1-15(28)26-20(11-16-7-5-4-6-8-16)24(30)27-21(25(31)33-3)12-17-13-23(29)34-22-14-18(32-2)9-10-19(17)22/h4-10,13-14,20-21H,11-12H2,1-3H3,(H,26,28)(H,27,30)/t20-,21+/m1/s1. The summed E-state index contributed by atoms with van der Waals surface area (Å²) in [5, 5.41) is 5.88. The van der Waals surface area contributed by atoms with Crippen LogP contribution >= 0.6 is 0 Å². The lowest BCUT2D eigenvalue weighted by Crippen LogP contribution is -2.53. The average molecular weight is 466 g/mol. The lowest BCUT2D eigenvalue weighted by molar-refractivity contribution is -0.145. The van der Waals surface area contributed by atoms with E-state index in [-0.39, 0.29) is 24.3 Å². The van der Waals surface area contributed by atoms with Crippen molar-refractivity contribution in [1.82, 2.24) is 10.6 Å². The molecule has 34 heavy (non-hydrogen) atoms. The van der Waals surface area contributed by atoms with E-state index in [1.54, 1.807) is 18.2 Å². The monoisotopic (exact) mass is 466 g/mol. The molecule has 0 radical (unpaired) electrons. The third-order valence-electron chi connectivity index (χ3n) is 5.24. The highest BCUT2D eigenvalue weighted by atomic mass is 16.5. The minimum atomic E-state index is -1.10. The summed E-state index contributed by atoms with van der Waals surface area (Å²) in [6.07, 6.45) is 0.211. The van der Waals surface area contributed by atoms with Crippen LogP contribution in [0.15, 0.2) is 63.8 Å². The van der Waals surface area contributed by atoms with Crippen LogP contribution in [0.3, 0.4) is 0 Å². The zero-order valence-electron chi connectivity index (χ0n) is 19.1. The minimum absolute atomic E-state index is 0.0228. The van der Waals surface area contributed by atoms with E-state index in [9.17, 15) is 19.2 Å². The average Bonchev–Trinajstić information content (AvgIpc) is 2.82. The molecule has 2 N–H and O–H groups in total. The van der Waals surface area contributed by atoms with Gasteiger partial charge in [0.15, 0.2) is 0 Å². The van der Waals surface area contributed by atoms with Gasteiger partial charge in [0, 0.05) is 37.3 Å². The van der Waals surface area contributed by atoms with E-state index in [4.69, 9.17) is 13.9 Å². The Bertz CT molecular complexity index is 1240. The largest absolute Gasteiger partial charge is 0.497 e. The van der Waals surface area contributed by atoms with Gasteiger partial charge in [0.05, 0.1) is 14.2 Å². The Kier molecular flexibility index (Phi) is 8.02. The normalized spacial score (nSPS) is 12.4. The van der Waals surface area contributed by atoms with Gasteiger partial charge in [0.25, 0.3) is 0 Å². The SMILES string of the molecule is COC(=O)[C@H](Cc1cc(=O)oc2cc(OC)ccc12)NC(=O)[C@@H](Cc1ccccc1)NC(C)=O. The van der Waals surface area contributed by atoms with Gasteiger partial charge in [0.2, 0.25) is 11.8 Å². The third kappa shape index (κ3) is 6.22. The fraction of sp³-hybridized carbons (Fsp3) is 0.280. The molecular formula is C25H26N2O7. The second-order valence-electron chi connectivity index (χ2n) is 7.68. The number of fused-ring (bicyclic) bond motifs is 1. The number of rotatable bonds is 9. The second kappa shape index (κ2) is 11.1. The summed E-state index contributed by atoms with van der Waals surface area (Å²) in [6, 6.07) is 13.4. The number of carbonyl (C=O) groups is 3. The number of ether oxygens (including phenoxy) is 2. The van der Waals surface area contributed by atoms with Crippen LogP contribution in [0.4, 0.5) is 0 Å². The maximum Gasteiger partial charge on any atom is 0.336 e. The van der Waals surface area contributed by atoms with Crippen molar-refractivity contribution < 1.29 is 28.3 Å². The summed E-state index contributed by atoms with van der Waals surface area (Å²) in [4.78, 5) is 49.5. The van der Waals surface area contributed by atoms with Gasteiger partial charge < -0.3 is 24.5 Å². The molecule has 3 aromatic rings. The van der Waals surface area contributed by atoms with Gasteiger partial charge in [-0.15, -0.1) is 0 Å². The number of amides is 2. The van der Waals surface area contributed by atoms with Crippen LogP contribution in [-0.2, 0) is 32.0 Å². The summed E-state index contributed by atoms with van der Waals surface area (Å²) < 4.78 is 15.3. The number of hydrogen-bond donors (Lipinski definition) is 2. The molecular weight excluding hydrogens is 440 g/mol. The van der Waals surface area contributed by atoms with Crippen LogP contribution in [0.2, 0.25) is 0 Å². The van der Waals surface area contributed by atoms with Crippen molar-refractivity contribution >= 4 is 28.8 Å². The van der Waals surface area contributed by atoms with Gasteiger partial charge in [-0.1, -0.05) is 30.3 Å². The van der Waals surface area contributed by atoms with Gasteiger partial charge >= 0.3 is 11.6 Å². The maximum absolute atomic E-state index is 13.1. The molecule has 1 heterocycles. The van der Waals surface area contributed by atoms with Crippen molar-refractivity contribution in [3.05, 3.63) is 76.1 Å². The minimum Gasteiger partial charge on any atom is -0.497 e. The van der Waals surface area contributed by atoms with Crippen LogP contribution < -0.4 is 21.0 Å². The number of hydrogen-bond acceptors (Lipinski definition) is 7. The first-order valence-corrected chi connectivity index (χ1v) is 10.6. The molecule has 9 nitrogen and oxygen atoms in total. The predicted molar refractivity (Wildman–Crippen MR) is 124 cm³/mol. The molecule has 0 unspecified atom stereocenters. The van der Waals surface area contributed by atoms with Crippen molar-refractivity contribution in [2.45, 2.75) is 31.8 Å². The Hall–Kier alpha value is -4.14. The molecule has 0 spiro atoms. The van der Waals surface area contributed by atoms with Crippen molar-refractivity contribution in [2.75, 3.05) is 14.2 Å². The molecule has 0 fully saturated rings. The smallest absolute Gasteiger partial charge is 0.336 e. The molecule has 3 rings (SSSR count). The summed E-state index contributed by atoms with van der Waals surface area (Å²) in [5.41, 5.74) is 1.01. The zero-order chi connectivity index (χ0) is 24.7. The van der Waals surface area contributed by atoms with Crippen LogP contribution in [0.5, 0.6) is 5.75 Å². The first-order valence-electron chi connectivity index (χ1n) is 10.6. The molecule has 178 valence electrons. The van der Waals surface area contributed by atoms with Crippen LogP contribution in [0, 0.1) is 0 Å². The molecule has 0 saturated carbocycles. The first-order chi connectivity index (χ1) is 16.3. The van der Waals surface area contributed by atoms with Gasteiger partial charge in [-0.2, -0.15) is 0 Å². The molecule has 1 aromatic heterocycles. The fourth-order valence-corrected chi connectivity index (χ4v) is 3.64. The van der Waals surface area contributed by atoms with E-state index in [2.05, 4.69) is 10.6 Å². The molecule has 9 heteroatoms. The Morgan fingerprint density at radius 2 is 1.68 bits per heavy atom. The number of carbonyl (C=O) groups excluding carboxylic acids is 3. The van der Waals surface area contributed by atoms with Gasteiger partial charge in [-0.3, -0.25) is 9.59 Å². The van der Waals surface area contributed by atoms with E-state index < -0.39 is 29.6 Å². The van der Waals surface area contributed by atoms with Crippen LogP contribution in [0.1, 0.15) is 18.1 Å². The van der Waals surface area contributed by atoms with Crippen molar-refractivity contribution in [1.29, 1.82) is 0 Å². The molecule has 2 aromatic carbocycles. The van der Waals surface area contributed by atoms with E-state index >= 15 is 0 Å². The molecule has 2 atom stereocenters. The number of methoxy groups -OCH3 is 2.